The predicted molar refractivity (Wildman–Crippen MR) is 109 cm³/mol. The van der Waals surface area contributed by atoms with E-state index in [-0.39, 0.29) is 19.1 Å². The monoisotopic (exact) mass is 397 g/mol. The number of esters is 1. The highest BCUT2D eigenvalue weighted by atomic mass is 16.5. The van der Waals surface area contributed by atoms with E-state index in [9.17, 15) is 14.4 Å². The number of rotatable bonds is 8. The van der Waals surface area contributed by atoms with Gasteiger partial charge in [-0.1, -0.05) is 38.0 Å². The summed E-state index contributed by atoms with van der Waals surface area (Å²) in [6.07, 6.45) is 4.40. The van der Waals surface area contributed by atoms with Gasteiger partial charge in [0.15, 0.2) is 0 Å². The Morgan fingerprint density at radius 3 is 2.79 bits per heavy atom. The normalized spacial score (nSPS) is 18.8. The topological polar surface area (TPSA) is 88.6 Å². The summed E-state index contributed by atoms with van der Waals surface area (Å²) >= 11 is 0. The van der Waals surface area contributed by atoms with Gasteiger partial charge in [-0.15, -0.1) is 0 Å². The summed E-state index contributed by atoms with van der Waals surface area (Å²) in [5.41, 5.74) is 1.14. The molecule has 0 radical (unpaired) electrons. The van der Waals surface area contributed by atoms with Crippen molar-refractivity contribution in [3.63, 3.8) is 0 Å². The van der Waals surface area contributed by atoms with Crippen molar-refractivity contribution >= 4 is 28.7 Å². The number of nitrogens with zero attached hydrogens (tertiary/aromatic N) is 2. The Kier molecular flexibility index (Phi) is 6.80. The summed E-state index contributed by atoms with van der Waals surface area (Å²) in [7, 11) is 0. The van der Waals surface area contributed by atoms with Crippen LogP contribution < -0.4 is 5.32 Å². The minimum atomic E-state index is -0.922. The maximum Gasteiger partial charge on any atom is 0.313 e. The van der Waals surface area contributed by atoms with Gasteiger partial charge in [0.2, 0.25) is 5.91 Å². The molecule has 154 valence electrons. The maximum atomic E-state index is 12.9. The molecule has 1 aliphatic rings. The van der Waals surface area contributed by atoms with E-state index in [0.29, 0.717) is 12.1 Å². The highest BCUT2D eigenvalue weighted by molar-refractivity contribution is 6.01. The lowest BCUT2D eigenvalue weighted by Crippen LogP contribution is -2.46. The molecule has 2 aromatic rings. The second-order valence-electron chi connectivity index (χ2n) is 7.22. The summed E-state index contributed by atoms with van der Waals surface area (Å²) in [5, 5.41) is 3.58. The number of pyridine rings is 1. The number of hydrogen-bond donors (Lipinski definition) is 1. The highest BCUT2D eigenvalue weighted by Crippen LogP contribution is 2.22. The van der Waals surface area contributed by atoms with Crippen LogP contribution >= 0.6 is 0 Å². The third-order valence-electron chi connectivity index (χ3n) is 5.16. The fraction of sp³-hybridized carbons (Fsp3) is 0.455. The molecule has 2 amide bonds. The standard InChI is InChI=1S/C22H27N3O4/c1-3-5-8-11-25-14-17(22(28)29-4-2)19(21(25)27)24-20(26)16-12-15-9-6-7-10-18(15)23-13-16/h6-7,9-10,12-13,17,19H,3-5,8,11,14H2,1-2H3,(H,24,26)/t17-,19-/m0/s1. The van der Waals surface area contributed by atoms with Crippen LogP contribution in [0.3, 0.4) is 0 Å². The summed E-state index contributed by atoms with van der Waals surface area (Å²) in [6, 6.07) is 8.30. The third kappa shape index (κ3) is 4.72. The van der Waals surface area contributed by atoms with Gasteiger partial charge in [-0.3, -0.25) is 19.4 Å². The zero-order valence-corrected chi connectivity index (χ0v) is 16.9. The number of nitrogens with one attached hydrogen (secondary N) is 1. The number of aromatic nitrogens is 1. The summed E-state index contributed by atoms with van der Waals surface area (Å²) < 4.78 is 5.14. The van der Waals surface area contributed by atoms with Crippen LogP contribution in [0.15, 0.2) is 36.5 Å². The van der Waals surface area contributed by atoms with Gasteiger partial charge in [0.05, 0.1) is 17.7 Å². The van der Waals surface area contributed by atoms with Gasteiger partial charge in [-0.05, 0) is 25.5 Å². The Hall–Kier alpha value is -2.96. The predicted octanol–water partition coefficient (Wildman–Crippen LogP) is 2.54. The Labute approximate surface area is 170 Å². The van der Waals surface area contributed by atoms with Crippen LogP contribution in [0, 0.1) is 5.92 Å². The molecular formula is C22H27N3O4. The molecule has 0 spiro atoms. The Bertz CT molecular complexity index is 899. The van der Waals surface area contributed by atoms with Gasteiger partial charge < -0.3 is 15.0 Å². The number of fused-ring (bicyclic) bond motifs is 1. The quantitative estimate of drug-likeness (QED) is 0.546. The number of para-hydroxylation sites is 1. The minimum absolute atomic E-state index is 0.231. The van der Waals surface area contributed by atoms with E-state index in [2.05, 4.69) is 17.2 Å². The lowest BCUT2D eigenvalue weighted by molar-refractivity contribution is -0.148. The number of amides is 2. The Balaban J connectivity index is 1.77. The van der Waals surface area contributed by atoms with Crippen LogP contribution in [-0.4, -0.2) is 53.4 Å². The number of likely N-dealkylation sites (tertiary alicyclic amines) is 1. The van der Waals surface area contributed by atoms with E-state index >= 15 is 0 Å². The first-order valence-corrected chi connectivity index (χ1v) is 10.2. The van der Waals surface area contributed by atoms with E-state index in [1.165, 1.54) is 6.20 Å². The van der Waals surface area contributed by atoms with Gasteiger partial charge in [0.25, 0.3) is 5.91 Å². The average Bonchev–Trinajstić information content (AvgIpc) is 3.04. The van der Waals surface area contributed by atoms with Crippen molar-refractivity contribution in [3.05, 3.63) is 42.1 Å². The van der Waals surface area contributed by atoms with Gasteiger partial charge in [-0.2, -0.15) is 0 Å². The van der Waals surface area contributed by atoms with E-state index in [1.807, 2.05) is 24.3 Å². The van der Waals surface area contributed by atoms with Crippen LogP contribution in [-0.2, 0) is 14.3 Å². The smallest absolute Gasteiger partial charge is 0.313 e. The summed E-state index contributed by atoms with van der Waals surface area (Å²) in [5.74, 6) is -1.82. The number of ether oxygens (including phenoxy) is 1. The SMILES string of the molecule is CCCCCN1C[C@H](C(=O)OCC)[C@H](NC(=O)c2cnc3ccccc3c2)C1=O. The third-order valence-corrected chi connectivity index (χ3v) is 5.16. The summed E-state index contributed by atoms with van der Waals surface area (Å²) in [6.45, 7) is 4.89. The van der Waals surface area contributed by atoms with Gasteiger partial charge in [0.1, 0.15) is 12.0 Å². The molecule has 1 aromatic heterocycles. The molecule has 1 N–H and O–H groups in total. The molecule has 1 fully saturated rings. The molecule has 2 atom stereocenters. The van der Waals surface area contributed by atoms with Crippen molar-refractivity contribution in [3.8, 4) is 0 Å². The number of hydrogen-bond acceptors (Lipinski definition) is 5. The largest absolute Gasteiger partial charge is 0.466 e. The van der Waals surface area contributed by atoms with Crippen molar-refractivity contribution in [2.75, 3.05) is 19.7 Å². The highest BCUT2D eigenvalue weighted by Gasteiger charge is 2.45. The molecule has 0 aliphatic carbocycles. The van der Waals surface area contributed by atoms with Crippen molar-refractivity contribution in [2.24, 2.45) is 5.92 Å². The van der Waals surface area contributed by atoms with Crippen LogP contribution in [0.5, 0.6) is 0 Å². The van der Waals surface area contributed by atoms with E-state index in [4.69, 9.17) is 4.74 Å². The Morgan fingerprint density at radius 1 is 1.24 bits per heavy atom. The van der Waals surface area contributed by atoms with E-state index in [0.717, 1.165) is 30.2 Å². The molecule has 29 heavy (non-hydrogen) atoms. The number of carbonyl (C=O) groups is 3. The van der Waals surface area contributed by atoms with Gasteiger partial charge in [0, 0.05) is 24.7 Å². The lowest BCUT2D eigenvalue weighted by atomic mass is 10.0. The lowest BCUT2D eigenvalue weighted by Gasteiger charge is -2.17. The van der Waals surface area contributed by atoms with Crippen molar-refractivity contribution in [2.45, 2.75) is 39.2 Å². The second-order valence-corrected chi connectivity index (χ2v) is 7.22. The fourth-order valence-electron chi connectivity index (χ4n) is 3.60. The molecular weight excluding hydrogens is 370 g/mol. The van der Waals surface area contributed by atoms with Gasteiger partial charge in [-0.25, -0.2) is 0 Å². The minimum Gasteiger partial charge on any atom is -0.466 e. The van der Waals surface area contributed by atoms with E-state index < -0.39 is 23.8 Å². The molecule has 0 unspecified atom stereocenters. The van der Waals surface area contributed by atoms with Crippen LogP contribution in [0.4, 0.5) is 0 Å². The van der Waals surface area contributed by atoms with Crippen molar-refractivity contribution < 1.29 is 19.1 Å². The van der Waals surface area contributed by atoms with Crippen LogP contribution in [0.25, 0.3) is 10.9 Å². The first-order chi connectivity index (χ1) is 14.0. The average molecular weight is 397 g/mol. The van der Waals surface area contributed by atoms with Crippen LogP contribution in [0.2, 0.25) is 0 Å². The molecule has 2 heterocycles. The molecule has 7 nitrogen and oxygen atoms in total. The first-order valence-electron chi connectivity index (χ1n) is 10.2. The first kappa shape index (κ1) is 20.8. The number of carbonyl (C=O) groups excluding carboxylic acids is 3. The summed E-state index contributed by atoms with van der Waals surface area (Å²) in [4.78, 5) is 44.0. The molecule has 1 aromatic carbocycles. The molecule has 7 heteroatoms. The van der Waals surface area contributed by atoms with Crippen molar-refractivity contribution in [1.82, 2.24) is 15.2 Å². The molecule has 1 saturated heterocycles. The molecule has 0 saturated carbocycles. The molecule has 1 aliphatic heterocycles. The van der Waals surface area contributed by atoms with Gasteiger partial charge >= 0.3 is 5.97 Å². The number of unbranched alkanes of at least 4 members (excludes halogenated alkanes) is 2. The Morgan fingerprint density at radius 2 is 2.03 bits per heavy atom. The second kappa shape index (κ2) is 9.49. The van der Waals surface area contributed by atoms with Crippen LogP contribution in [0.1, 0.15) is 43.5 Å². The molecule has 0 bridgehead atoms. The zero-order valence-electron chi connectivity index (χ0n) is 16.9. The maximum absolute atomic E-state index is 12.9. The zero-order chi connectivity index (χ0) is 20.8. The van der Waals surface area contributed by atoms with Crippen molar-refractivity contribution in [1.29, 1.82) is 0 Å². The fourth-order valence-corrected chi connectivity index (χ4v) is 3.60. The number of benzene rings is 1. The van der Waals surface area contributed by atoms with E-state index in [1.54, 1.807) is 17.9 Å². The molecule has 3 rings (SSSR count).